The lowest BCUT2D eigenvalue weighted by molar-refractivity contribution is 0.00690. The molecular formula is C18H17FN2O2. The van der Waals surface area contributed by atoms with Gasteiger partial charge in [-0.2, -0.15) is 0 Å². The van der Waals surface area contributed by atoms with Gasteiger partial charge < -0.3 is 9.72 Å². The zero-order valence-electron chi connectivity index (χ0n) is 13.2. The molecule has 2 aromatic carbocycles. The minimum atomic E-state index is -0.620. The van der Waals surface area contributed by atoms with Crippen LogP contribution in [0.15, 0.2) is 42.5 Å². The van der Waals surface area contributed by atoms with Crippen molar-refractivity contribution < 1.29 is 13.9 Å². The van der Waals surface area contributed by atoms with Crippen molar-refractivity contribution in [3.8, 4) is 11.4 Å². The molecule has 1 N–H and O–H groups in total. The van der Waals surface area contributed by atoms with E-state index >= 15 is 0 Å². The Bertz CT molecular complexity index is 845. The number of carbonyl (C=O) groups excluding carboxylic acids is 1. The van der Waals surface area contributed by atoms with Gasteiger partial charge in [0, 0.05) is 0 Å². The predicted octanol–water partition coefficient (Wildman–Crippen LogP) is 4.32. The minimum Gasteiger partial charge on any atom is -0.456 e. The summed E-state index contributed by atoms with van der Waals surface area (Å²) in [7, 11) is 0. The van der Waals surface area contributed by atoms with E-state index in [1.165, 1.54) is 12.1 Å². The first kappa shape index (κ1) is 15.2. The fourth-order valence-corrected chi connectivity index (χ4v) is 2.25. The molecule has 0 saturated carbocycles. The summed E-state index contributed by atoms with van der Waals surface area (Å²) >= 11 is 0. The van der Waals surface area contributed by atoms with Crippen molar-refractivity contribution in [3.63, 3.8) is 0 Å². The third-order valence-electron chi connectivity index (χ3n) is 3.25. The first-order valence-electron chi connectivity index (χ1n) is 7.31. The summed E-state index contributed by atoms with van der Waals surface area (Å²) in [6.45, 7) is 5.30. The van der Waals surface area contributed by atoms with Crippen LogP contribution in [-0.4, -0.2) is 21.5 Å². The maximum Gasteiger partial charge on any atom is 0.338 e. The van der Waals surface area contributed by atoms with Gasteiger partial charge in [0.15, 0.2) is 0 Å². The first-order chi connectivity index (χ1) is 10.8. The van der Waals surface area contributed by atoms with Crippen LogP contribution in [0, 0.1) is 5.82 Å². The number of carbonyl (C=O) groups is 1. The average Bonchev–Trinajstić information content (AvgIpc) is 2.88. The molecule has 0 aliphatic carbocycles. The molecule has 0 aliphatic rings. The van der Waals surface area contributed by atoms with Crippen molar-refractivity contribution in [2.75, 3.05) is 0 Å². The topological polar surface area (TPSA) is 55.0 Å². The van der Waals surface area contributed by atoms with Gasteiger partial charge in [-0.15, -0.1) is 0 Å². The lowest BCUT2D eigenvalue weighted by atomic mass is 10.1. The normalized spacial score (nSPS) is 11.7. The van der Waals surface area contributed by atoms with Crippen LogP contribution in [-0.2, 0) is 4.74 Å². The van der Waals surface area contributed by atoms with E-state index in [2.05, 4.69) is 9.97 Å². The molecule has 4 nitrogen and oxygen atoms in total. The monoisotopic (exact) mass is 312 g/mol. The number of halogens is 1. The van der Waals surface area contributed by atoms with Crippen LogP contribution in [0.1, 0.15) is 31.1 Å². The highest BCUT2D eigenvalue weighted by atomic mass is 19.1. The van der Waals surface area contributed by atoms with E-state index in [0.717, 1.165) is 11.0 Å². The minimum absolute atomic E-state index is 0.178. The van der Waals surface area contributed by atoms with Gasteiger partial charge in [-0.3, -0.25) is 0 Å². The number of imidazole rings is 1. The fraction of sp³-hybridized carbons (Fsp3) is 0.222. The van der Waals surface area contributed by atoms with Crippen molar-refractivity contribution in [1.82, 2.24) is 9.97 Å². The number of ether oxygens (including phenoxy) is 1. The van der Waals surface area contributed by atoms with E-state index in [1.807, 2.05) is 24.3 Å². The molecular weight excluding hydrogens is 295 g/mol. The van der Waals surface area contributed by atoms with E-state index in [-0.39, 0.29) is 5.56 Å². The molecule has 5 heteroatoms. The van der Waals surface area contributed by atoms with E-state index < -0.39 is 17.4 Å². The largest absolute Gasteiger partial charge is 0.456 e. The number of aromatic amines is 1. The average molecular weight is 312 g/mol. The number of hydrogen-bond acceptors (Lipinski definition) is 3. The zero-order chi connectivity index (χ0) is 16.6. The number of fused-ring (bicyclic) bond motifs is 1. The second kappa shape index (κ2) is 5.50. The van der Waals surface area contributed by atoms with Crippen LogP contribution < -0.4 is 0 Å². The molecule has 118 valence electrons. The Morgan fingerprint density at radius 1 is 1.17 bits per heavy atom. The number of rotatable bonds is 2. The van der Waals surface area contributed by atoms with Crippen molar-refractivity contribution in [2.45, 2.75) is 26.4 Å². The number of aromatic nitrogens is 2. The third-order valence-corrected chi connectivity index (χ3v) is 3.25. The molecule has 0 saturated heterocycles. The third kappa shape index (κ3) is 3.23. The molecule has 23 heavy (non-hydrogen) atoms. The molecule has 0 spiro atoms. The van der Waals surface area contributed by atoms with Crippen molar-refractivity contribution >= 4 is 17.0 Å². The number of hydrogen-bond donors (Lipinski definition) is 1. The Labute approximate surface area is 133 Å². The molecule has 0 aliphatic heterocycles. The number of para-hydroxylation sites is 2. The second-order valence-corrected chi connectivity index (χ2v) is 6.30. The lowest BCUT2D eigenvalue weighted by Crippen LogP contribution is -2.23. The van der Waals surface area contributed by atoms with Crippen LogP contribution in [0.4, 0.5) is 4.39 Å². The highest BCUT2D eigenvalue weighted by Gasteiger charge is 2.19. The van der Waals surface area contributed by atoms with Crippen LogP contribution in [0.25, 0.3) is 22.4 Å². The summed E-state index contributed by atoms with van der Waals surface area (Å²) in [5.41, 5.74) is 1.47. The highest BCUT2D eigenvalue weighted by Crippen LogP contribution is 2.24. The number of nitrogens with zero attached hydrogens (tertiary/aromatic N) is 1. The molecule has 3 aromatic rings. The molecule has 0 fully saturated rings. The Morgan fingerprint density at radius 3 is 2.57 bits per heavy atom. The van der Waals surface area contributed by atoms with Crippen LogP contribution in [0.5, 0.6) is 0 Å². The molecule has 0 unspecified atom stereocenters. The predicted molar refractivity (Wildman–Crippen MR) is 86.7 cm³/mol. The second-order valence-electron chi connectivity index (χ2n) is 6.30. The summed E-state index contributed by atoms with van der Waals surface area (Å²) in [5, 5.41) is 0. The Kier molecular flexibility index (Phi) is 3.64. The number of esters is 1. The number of nitrogens with one attached hydrogen (secondary N) is 1. The van der Waals surface area contributed by atoms with Crippen LogP contribution >= 0.6 is 0 Å². The summed E-state index contributed by atoms with van der Waals surface area (Å²) < 4.78 is 19.6. The zero-order valence-corrected chi connectivity index (χ0v) is 13.2. The van der Waals surface area contributed by atoms with Gasteiger partial charge in [-0.1, -0.05) is 12.1 Å². The molecule has 3 rings (SSSR count). The Balaban J connectivity index is 1.94. The van der Waals surface area contributed by atoms with Gasteiger partial charge >= 0.3 is 5.97 Å². The maximum atomic E-state index is 14.4. The summed E-state index contributed by atoms with van der Waals surface area (Å²) in [5.74, 6) is -0.639. The van der Waals surface area contributed by atoms with Crippen LogP contribution in [0.3, 0.4) is 0 Å². The standard InChI is InChI=1S/C18H17FN2O2/c1-18(2,3)23-17(22)11-8-9-12(13(19)10-11)16-20-14-6-4-5-7-15(14)21-16/h4-10H,1-3H3,(H,20,21). The quantitative estimate of drug-likeness (QED) is 0.717. The van der Waals surface area contributed by atoms with Crippen LogP contribution in [0.2, 0.25) is 0 Å². The van der Waals surface area contributed by atoms with Gasteiger partial charge in [-0.05, 0) is 51.1 Å². The van der Waals surface area contributed by atoms with Gasteiger partial charge in [0.1, 0.15) is 17.2 Å². The molecule has 0 atom stereocenters. The lowest BCUT2D eigenvalue weighted by Gasteiger charge is -2.19. The molecule has 0 bridgehead atoms. The maximum absolute atomic E-state index is 14.4. The van der Waals surface area contributed by atoms with E-state index in [0.29, 0.717) is 11.4 Å². The smallest absolute Gasteiger partial charge is 0.338 e. The number of H-pyrrole nitrogens is 1. The molecule has 0 radical (unpaired) electrons. The van der Waals surface area contributed by atoms with E-state index in [1.54, 1.807) is 26.8 Å². The Morgan fingerprint density at radius 2 is 1.91 bits per heavy atom. The van der Waals surface area contributed by atoms with E-state index in [9.17, 15) is 9.18 Å². The molecule has 0 amide bonds. The first-order valence-corrected chi connectivity index (χ1v) is 7.31. The van der Waals surface area contributed by atoms with Gasteiger partial charge in [0.2, 0.25) is 0 Å². The summed E-state index contributed by atoms with van der Waals surface area (Å²) in [4.78, 5) is 19.4. The molecule has 1 aromatic heterocycles. The van der Waals surface area contributed by atoms with Gasteiger partial charge in [-0.25, -0.2) is 14.2 Å². The van der Waals surface area contributed by atoms with Gasteiger partial charge in [0.05, 0.1) is 22.2 Å². The number of benzene rings is 2. The Hall–Kier alpha value is -2.69. The van der Waals surface area contributed by atoms with Crippen molar-refractivity contribution in [2.24, 2.45) is 0 Å². The fourth-order valence-electron chi connectivity index (χ4n) is 2.25. The van der Waals surface area contributed by atoms with Gasteiger partial charge in [0.25, 0.3) is 0 Å². The summed E-state index contributed by atoms with van der Waals surface area (Å²) in [6.07, 6.45) is 0. The SMILES string of the molecule is CC(C)(C)OC(=O)c1ccc(-c2nc3ccccc3[nH]2)c(F)c1. The summed E-state index contributed by atoms with van der Waals surface area (Å²) in [6, 6.07) is 11.7. The van der Waals surface area contributed by atoms with Crippen molar-refractivity contribution in [1.29, 1.82) is 0 Å². The molecule has 1 heterocycles. The van der Waals surface area contributed by atoms with E-state index in [4.69, 9.17) is 4.74 Å². The highest BCUT2D eigenvalue weighted by molar-refractivity contribution is 5.90. The van der Waals surface area contributed by atoms with Crippen molar-refractivity contribution in [3.05, 3.63) is 53.8 Å².